The number of aliphatic hydroxyl groups is 2. The van der Waals surface area contributed by atoms with E-state index in [9.17, 15) is 10.2 Å². The zero-order chi connectivity index (χ0) is 17.6. The van der Waals surface area contributed by atoms with Crippen LogP contribution in [0.2, 0.25) is 0 Å². The van der Waals surface area contributed by atoms with Crippen LogP contribution in [0.3, 0.4) is 0 Å². The van der Waals surface area contributed by atoms with Gasteiger partial charge in [-0.3, -0.25) is 4.57 Å². The Morgan fingerprint density at radius 3 is 3.00 bits per heavy atom. The van der Waals surface area contributed by atoms with Crippen molar-refractivity contribution in [2.24, 2.45) is 6.98 Å². The largest absolute Gasteiger partial charge is 0.394 e. The van der Waals surface area contributed by atoms with E-state index < -0.39 is 31.5 Å². The van der Waals surface area contributed by atoms with Gasteiger partial charge in [0.25, 0.3) is 5.82 Å². The minimum absolute atomic E-state index is 0. The number of fused-ring (bicyclic) bond motifs is 1. The number of rotatable bonds is 3. The number of anilines is 1. The minimum atomic E-state index is -2.48. The van der Waals surface area contributed by atoms with Crippen LogP contribution in [0.15, 0.2) is 12.7 Å². The summed E-state index contributed by atoms with van der Waals surface area (Å²) in [5.41, 5.74) is 6.36. The number of methoxy groups -OCH3 is 1. The van der Waals surface area contributed by atoms with E-state index in [0.717, 1.165) is 10.9 Å². The highest BCUT2D eigenvalue weighted by Gasteiger charge is 2.45. The van der Waals surface area contributed by atoms with Gasteiger partial charge in [0.2, 0.25) is 12.0 Å². The number of nitrogens with zero attached hydrogens (tertiary/aromatic N) is 4. The van der Waals surface area contributed by atoms with E-state index in [4.69, 9.17) is 19.3 Å². The summed E-state index contributed by atoms with van der Waals surface area (Å²) in [6, 6.07) is 0. The van der Waals surface area contributed by atoms with Gasteiger partial charge in [0, 0.05) is 7.11 Å². The number of imidazole rings is 1. The Hall–Kier alpha value is -1.08. The number of halogens is 1. The van der Waals surface area contributed by atoms with Gasteiger partial charge in [0.1, 0.15) is 24.6 Å². The van der Waals surface area contributed by atoms with Crippen molar-refractivity contribution in [2.45, 2.75) is 24.5 Å². The van der Waals surface area contributed by atoms with Crippen LogP contribution >= 0.6 is 24.0 Å². The van der Waals surface area contributed by atoms with E-state index in [-0.39, 0.29) is 47.6 Å². The third-order valence-corrected chi connectivity index (χ3v) is 3.60. The molecular weight excluding hydrogens is 405 g/mol. The summed E-state index contributed by atoms with van der Waals surface area (Å²) in [4.78, 5) is 8.21. The number of nitrogens with two attached hydrogens (primary N) is 1. The number of aryl methyl sites for hydroxylation is 1. The van der Waals surface area contributed by atoms with Crippen molar-refractivity contribution in [1.82, 2.24) is 14.5 Å². The molecule has 0 saturated carbocycles. The van der Waals surface area contributed by atoms with E-state index in [2.05, 4.69) is 9.97 Å². The van der Waals surface area contributed by atoms with Crippen molar-refractivity contribution in [1.29, 1.82) is 0 Å². The lowest BCUT2D eigenvalue weighted by Gasteiger charge is -2.19. The van der Waals surface area contributed by atoms with Crippen LogP contribution in [0.4, 0.5) is 5.82 Å². The molecule has 2 aromatic heterocycles. The Balaban J connectivity index is 0.00000225. The molecule has 10 heteroatoms. The third kappa shape index (κ3) is 2.54. The lowest BCUT2D eigenvalue weighted by atomic mass is 10.1. The highest BCUT2D eigenvalue weighted by atomic mass is 127. The minimum Gasteiger partial charge on any atom is -0.394 e. The first-order valence-corrected chi connectivity index (χ1v) is 6.30. The average molecular weight is 427 g/mol. The van der Waals surface area contributed by atoms with Gasteiger partial charge >= 0.3 is 0 Å². The number of nitrogen functional groups attached to an aromatic ring is 1. The predicted octanol–water partition coefficient (Wildman–Crippen LogP) is -1.28. The Labute approximate surface area is 147 Å². The van der Waals surface area contributed by atoms with E-state index in [1.54, 1.807) is 0 Å². The number of aromatic nitrogens is 4. The number of aliphatic hydroxyl groups excluding tert-OH is 2. The normalized spacial score (nSPS) is 30.6. The molecule has 4 atom stereocenters. The topological polar surface area (TPSA) is 120 Å². The van der Waals surface area contributed by atoms with Crippen molar-refractivity contribution < 1.29 is 28.4 Å². The summed E-state index contributed by atoms with van der Waals surface area (Å²) in [6.07, 6.45) is -0.914. The van der Waals surface area contributed by atoms with Gasteiger partial charge in [-0.25, -0.2) is 9.55 Å². The van der Waals surface area contributed by atoms with Gasteiger partial charge in [0.15, 0.2) is 11.7 Å². The molecule has 1 aliphatic heterocycles. The SMILES string of the molecule is I.[2H]C([2H])([2H])[n+]1cnc2c(ncn2[C@@H]2O[C@H](CO)[C@@H](O)[C@H]2OC)c1N. The highest BCUT2D eigenvalue weighted by molar-refractivity contribution is 14.0. The molecule has 0 radical (unpaired) electrons. The predicted molar refractivity (Wildman–Crippen MR) is 86.3 cm³/mol. The molecule has 1 saturated heterocycles. The van der Waals surface area contributed by atoms with Crippen molar-refractivity contribution >= 4 is 41.0 Å². The Bertz CT molecular complexity index is 758. The molecular formula is C12H19IN5O4+. The van der Waals surface area contributed by atoms with Crippen LogP contribution in [0.5, 0.6) is 0 Å². The molecule has 0 spiro atoms. The second-order valence-electron chi connectivity index (χ2n) is 4.76. The Morgan fingerprint density at radius 1 is 1.59 bits per heavy atom. The van der Waals surface area contributed by atoms with Crippen LogP contribution < -0.4 is 10.3 Å². The fraction of sp³-hybridized carbons (Fsp3) is 0.583. The second-order valence-corrected chi connectivity index (χ2v) is 4.76. The fourth-order valence-electron chi connectivity index (χ4n) is 2.49. The lowest BCUT2D eigenvalue weighted by molar-refractivity contribution is -0.658. The molecule has 0 bridgehead atoms. The summed E-state index contributed by atoms with van der Waals surface area (Å²) in [5, 5.41) is 19.4. The summed E-state index contributed by atoms with van der Waals surface area (Å²) >= 11 is 0. The quantitative estimate of drug-likeness (QED) is 0.413. The van der Waals surface area contributed by atoms with Gasteiger partial charge in [-0.05, 0) is 0 Å². The molecule has 0 aromatic carbocycles. The first-order valence-electron chi connectivity index (χ1n) is 7.80. The van der Waals surface area contributed by atoms with E-state index >= 15 is 0 Å². The van der Waals surface area contributed by atoms with Gasteiger partial charge in [-0.15, -0.1) is 24.0 Å². The molecule has 22 heavy (non-hydrogen) atoms. The van der Waals surface area contributed by atoms with E-state index in [0.29, 0.717) is 0 Å². The third-order valence-electron chi connectivity index (χ3n) is 3.60. The molecule has 0 amide bonds. The maximum absolute atomic E-state index is 10.1. The summed E-state index contributed by atoms with van der Waals surface area (Å²) < 4.78 is 35.5. The number of hydrogen-bond acceptors (Lipinski definition) is 7. The van der Waals surface area contributed by atoms with Crippen LogP contribution in [0, 0.1) is 0 Å². The first kappa shape index (κ1) is 13.4. The van der Waals surface area contributed by atoms with Crippen molar-refractivity contribution in [3.05, 3.63) is 12.7 Å². The van der Waals surface area contributed by atoms with Crippen LogP contribution in [0.1, 0.15) is 10.3 Å². The van der Waals surface area contributed by atoms with Crippen molar-refractivity contribution in [2.75, 3.05) is 19.5 Å². The monoisotopic (exact) mass is 427 g/mol. The zero-order valence-corrected chi connectivity index (χ0v) is 14.0. The zero-order valence-electron chi connectivity index (χ0n) is 14.7. The maximum Gasteiger partial charge on any atom is 0.250 e. The second kappa shape index (κ2) is 6.58. The van der Waals surface area contributed by atoms with Crippen molar-refractivity contribution in [3.8, 4) is 0 Å². The molecule has 2 aromatic rings. The molecule has 1 fully saturated rings. The van der Waals surface area contributed by atoms with E-state index in [1.165, 1.54) is 18.0 Å². The molecule has 3 heterocycles. The molecule has 3 rings (SSSR count). The summed E-state index contributed by atoms with van der Waals surface area (Å²) in [7, 11) is 1.41. The first-order chi connectivity index (χ1) is 11.3. The standard InChI is InChI=1S/C12H17N5O4.HI/c1-16-4-15-11-7(10(16)13)14-5-17(11)12-9(20-2)8(19)6(3-18)21-12;/h4-6,8-9,12-13,18-19H,3H2,1-2H3;1H/p+1/t6-,8-,9-,12-;/m1./s1/i1D3;. The summed E-state index contributed by atoms with van der Waals surface area (Å²) in [5.74, 6) is -0.0648. The molecule has 0 aliphatic carbocycles. The van der Waals surface area contributed by atoms with Gasteiger partial charge in [0.05, 0.1) is 17.7 Å². The molecule has 9 nitrogen and oxygen atoms in total. The van der Waals surface area contributed by atoms with Crippen molar-refractivity contribution in [3.63, 3.8) is 0 Å². The number of ether oxygens (including phenoxy) is 2. The van der Waals surface area contributed by atoms with Gasteiger partial charge < -0.3 is 25.4 Å². The van der Waals surface area contributed by atoms with Gasteiger partial charge in [-0.1, -0.05) is 4.98 Å². The fourth-order valence-corrected chi connectivity index (χ4v) is 2.49. The maximum atomic E-state index is 10.1. The van der Waals surface area contributed by atoms with E-state index in [1.807, 2.05) is 0 Å². The number of hydrogen-bond donors (Lipinski definition) is 3. The highest BCUT2D eigenvalue weighted by Crippen LogP contribution is 2.33. The lowest BCUT2D eigenvalue weighted by Crippen LogP contribution is -2.35. The molecule has 0 unspecified atom stereocenters. The molecule has 1 aliphatic rings. The molecule has 4 N–H and O–H groups in total. The average Bonchev–Trinajstić information content (AvgIpc) is 3.07. The van der Waals surface area contributed by atoms with Crippen LogP contribution in [-0.4, -0.2) is 56.8 Å². The van der Waals surface area contributed by atoms with Crippen LogP contribution in [0.25, 0.3) is 11.2 Å². The Kier molecular flexibility index (Phi) is 4.00. The molecule has 122 valence electrons. The van der Waals surface area contributed by atoms with Gasteiger partial charge in [-0.2, -0.15) is 0 Å². The smallest absolute Gasteiger partial charge is 0.250 e. The Morgan fingerprint density at radius 2 is 2.36 bits per heavy atom. The van der Waals surface area contributed by atoms with Crippen LogP contribution in [-0.2, 0) is 16.4 Å². The summed E-state index contributed by atoms with van der Waals surface area (Å²) in [6.45, 7) is -2.86.